The highest BCUT2D eigenvalue weighted by atomic mass is 16.2. The van der Waals surface area contributed by atoms with Gasteiger partial charge in [0.1, 0.15) is 0 Å². The van der Waals surface area contributed by atoms with Crippen LogP contribution in [0.4, 0.5) is 11.4 Å². The Balaban J connectivity index is 1.74. The van der Waals surface area contributed by atoms with Crippen molar-refractivity contribution in [2.24, 2.45) is 5.92 Å². The maximum Gasteiger partial charge on any atom is 0.227 e. The molecule has 3 heteroatoms. The molecule has 0 radical (unpaired) electrons. The van der Waals surface area contributed by atoms with Gasteiger partial charge in [-0.3, -0.25) is 4.79 Å². The van der Waals surface area contributed by atoms with Crippen LogP contribution in [0.15, 0.2) is 24.3 Å². The summed E-state index contributed by atoms with van der Waals surface area (Å²) in [7, 11) is 0. The van der Waals surface area contributed by atoms with Gasteiger partial charge in [0.2, 0.25) is 5.91 Å². The van der Waals surface area contributed by atoms with E-state index in [-0.39, 0.29) is 5.91 Å². The van der Waals surface area contributed by atoms with Crippen LogP contribution in [-0.2, 0) is 4.79 Å². The van der Waals surface area contributed by atoms with Crippen molar-refractivity contribution in [1.29, 1.82) is 0 Å². The summed E-state index contributed by atoms with van der Waals surface area (Å²) in [5.41, 5.74) is 2.20. The van der Waals surface area contributed by atoms with Crippen LogP contribution in [-0.4, -0.2) is 18.5 Å². The summed E-state index contributed by atoms with van der Waals surface area (Å²) in [6.45, 7) is 3.22. The maximum absolute atomic E-state index is 12.0. The van der Waals surface area contributed by atoms with E-state index in [0.717, 1.165) is 30.3 Å². The van der Waals surface area contributed by atoms with Crippen molar-refractivity contribution in [3.8, 4) is 0 Å². The molecule has 1 amide bonds. The van der Waals surface area contributed by atoms with Crippen LogP contribution in [0.5, 0.6) is 0 Å². The molecule has 1 aliphatic heterocycles. The Morgan fingerprint density at radius 2 is 1.95 bits per heavy atom. The summed E-state index contributed by atoms with van der Waals surface area (Å²) in [5, 5.41) is 3.71. The molecular weight excluding hydrogens is 260 g/mol. The van der Waals surface area contributed by atoms with Crippen molar-refractivity contribution in [3.63, 3.8) is 0 Å². The molecule has 2 atom stereocenters. The molecule has 0 spiro atoms. The Morgan fingerprint density at radius 1 is 1.10 bits per heavy atom. The first-order chi connectivity index (χ1) is 10.2. The molecule has 2 fully saturated rings. The van der Waals surface area contributed by atoms with Crippen LogP contribution in [0.3, 0.4) is 0 Å². The number of nitrogens with one attached hydrogen (secondary N) is 1. The van der Waals surface area contributed by atoms with E-state index in [1.54, 1.807) is 0 Å². The summed E-state index contributed by atoms with van der Waals surface area (Å²) in [5.74, 6) is 1.12. The SMILES string of the molecule is CC1CCCC(Nc2ccccc2N2CCCC2=O)CC1. The molecule has 1 aliphatic carbocycles. The van der Waals surface area contributed by atoms with Crippen molar-refractivity contribution in [2.45, 2.75) is 57.9 Å². The number of hydrogen-bond donors (Lipinski definition) is 1. The van der Waals surface area contributed by atoms with Crippen LogP contribution in [0.2, 0.25) is 0 Å². The molecule has 2 aliphatic rings. The van der Waals surface area contributed by atoms with E-state index in [2.05, 4.69) is 30.4 Å². The second-order valence-corrected chi connectivity index (χ2v) is 6.62. The molecule has 2 unspecified atom stereocenters. The number of anilines is 2. The molecule has 114 valence electrons. The first-order valence-corrected chi connectivity index (χ1v) is 8.40. The van der Waals surface area contributed by atoms with E-state index in [9.17, 15) is 4.79 Å². The van der Waals surface area contributed by atoms with E-state index in [4.69, 9.17) is 0 Å². The van der Waals surface area contributed by atoms with Crippen molar-refractivity contribution < 1.29 is 4.79 Å². The quantitative estimate of drug-likeness (QED) is 0.845. The topological polar surface area (TPSA) is 32.3 Å². The number of nitrogens with zero attached hydrogens (tertiary/aromatic N) is 1. The summed E-state index contributed by atoms with van der Waals surface area (Å²) >= 11 is 0. The lowest BCUT2D eigenvalue weighted by atomic mass is 10.0. The van der Waals surface area contributed by atoms with Gasteiger partial charge >= 0.3 is 0 Å². The van der Waals surface area contributed by atoms with Gasteiger partial charge in [-0.15, -0.1) is 0 Å². The molecule has 0 aromatic heterocycles. The van der Waals surface area contributed by atoms with Crippen molar-refractivity contribution in [2.75, 3.05) is 16.8 Å². The fraction of sp³-hybridized carbons (Fsp3) is 0.611. The third-order valence-corrected chi connectivity index (χ3v) is 4.89. The van der Waals surface area contributed by atoms with Gasteiger partial charge in [-0.1, -0.05) is 31.9 Å². The second-order valence-electron chi connectivity index (χ2n) is 6.62. The van der Waals surface area contributed by atoms with E-state index in [0.29, 0.717) is 12.5 Å². The normalized spacial score (nSPS) is 26.7. The molecule has 1 N–H and O–H groups in total. The van der Waals surface area contributed by atoms with Crippen LogP contribution in [0.1, 0.15) is 51.9 Å². The maximum atomic E-state index is 12.0. The molecule has 1 aromatic rings. The minimum atomic E-state index is 0.263. The highest BCUT2D eigenvalue weighted by Gasteiger charge is 2.24. The van der Waals surface area contributed by atoms with Gasteiger partial charge in [0.05, 0.1) is 11.4 Å². The smallest absolute Gasteiger partial charge is 0.227 e. The third-order valence-electron chi connectivity index (χ3n) is 4.89. The van der Waals surface area contributed by atoms with Crippen LogP contribution in [0, 0.1) is 5.92 Å². The fourth-order valence-electron chi connectivity index (χ4n) is 3.59. The lowest BCUT2D eigenvalue weighted by Crippen LogP contribution is -2.26. The van der Waals surface area contributed by atoms with Crippen LogP contribution >= 0.6 is 0 Å². The van der Waals surface area contributed by atoms with Crippen molar-refractivity contribution >= 4 is 17.3 Å². The van der Waals surface area contributed by atoms with Crippen molar-refractivity contribution in [1.82, 2.24) is 0 Å². The van der Waals surface area contributed by atoms with Crippen molar-refractivity contribution in [3.05, 3.63) is 24.3 Å². The minimum absolute atomic E-state index is 0.263. The average Bonchev–Trinajstić information content (AvgIpc) is 2.80. The van der Waals surface area contributed by atoms with Gasteiger partial charge in [0, 0.05) is 19.0 Å². The molecule has 3 rings (SSSR count). The zero-order valence-corrected chi connectivity index (χ0v) is 13.0. The van der Waals surface area contributed by atoms with E-state index >= 15 is 0 Å². The monoisotopic (exact) mass is 286 g/mol. The lowest BCUT2D eigenvalue weighted by Gasteiger charge is -2.24. The summed E-state index contributed by atoms with van der Waals surface area (Å²) in [6, 6.07) is 8.83. The molecule has 1 saturated carbocycles. The van der Waals surface area contributed by atoms with Gasteiger partial charge in [-0.25, -0.2) is 0 Å². The summed E-state index contributed by atoms with van der Waals surface area (Å²) < 4.78 is 0. The number of para-hydroxylation sites is 2. The number of amides is 1. The molecule has 1 heterocycles. The number of rotatable bonds is 3. The first-order valence-electron chi connectivity index (χ1n) is 8.40. The number of carbonyl (C=O) groups excluding carboxylic acids is 1. The van der Waals surface area contributed by atoms with Gasteiger partial charge in [0.25, 0.3) is 0 Å². The molecule has 1 aromatic carbocycles. The molecular formula is C18H26N2O. The zero-order chi connectivity index (χ0) is 14.7. The van der Waals surface area contributed by atoms with Gasteiger partial charge < -0.3 is 10.2 Å². The second kappa shape index (κ2) is 6.50. The Morgan fingerprint density at radius 3 is 2.76 bits per heavy atom. The standard InChI is InChI=1S/C18H26N2O/c1-14-6-4-7-15(12-11-14)19-16-8-2-3-9-17(16)20-13-5-10-18(20)21/h2-3,8-9,14-15,19H,4-7,10-13H2,1H3. The number of benzene rings is 1. The van der Waals surface area contributed by atoms with Gasteiger partial charge in [0.15, 0.2) is 0 Å². The summed E-state index contributed by atoms with van der Waals surface area (Å²) in [4.78, 5) is 14.0. The van der Waals surface area contributed by atoms with E-state index < -0.39 is 0 Å². The minimum Gasteiger partial charge on any atom is -0.381 e. The fourth-order valence-corrected chi connectivity index (χ4v) is 3.59. The highest BCUT2D eigenvalue weighted by molar-refractivity contribution is 5.98. The van der Waals surface area contributed by atoms with Crippen LogP contribution in [0.25, 0.3) is 0 Å². The zero-order valence-electron chi connectivity index (χ0n) is 13.0. The van der Waals surface area contributed by atoms with Gasteiger partial charge in [-0.05, 0) is 43.7 Å². The predicted molar refractivity (Wildman–Crippen MR) is 87.7 cm³/mol. The predicted octanol–water partition coefficient (Wildman–Crippen LogP) is 4.19. The largest absolute Gasteiger partial charge is 0.381 e. The number of hydrogen-bond acceptors (Lipinski definition) is 2. The Kier molecular flexibility index (Phi) is 4.47. The first kappa shape index (κ1) is 14.4. The molecule has 0 bridgehead atoms. The lowest BCUT2D eigenvalue weighted by molar-refractivity contribution is -0.117. The highest BCUT2D eigenvalue weighted by Crippen LogP contribution is 2.32. The Hall–Kier alpha value is -1.51. The van der Waals surface area contributed by atoms with E-state index in [1.807, 2.05) is 11.0 Å². The average molecular weight is 286 g/mol. The molecule has 21 heavy (non-hydrogen) atoms. The molecule has 3 nitrogen and oxygen atoms in total. The number of carbonyl (C=O) groups is 1. The van der Waals surface area contributed by atoms with Crippen LogP contribution < -0.4 is 10.2 Å². The van der Waals surface area contributed by atoms with Gasteiger partial charge in [-0.2, -0.15) is 0 Å². The Labute approximate surface area is 127 Å². The third kappa shape index (κ3) is 3.39. The Bertz CT molecular complexity index is 500. The summed E-state index contributed by atoms with van der Waals surface area (Å²) in [6.07, 6.45) is 8.12. The molecule has 1 saturated heterocycles. The van der Waals surface area contributed by atoms with E-state index in [1.165, 1.54) is 32.1 Å².